The van der Waals surface area contributed by atoms with Crippen molar-refractivity contribution >= 4 is 17.7 Å². The number of hydrogen-bond acceptors (Lipinski definition) is 2. The highest BCUT2D eigenvalue weighted by atomic mass is 35.5. The smallest absolute Gasteiger partial charge is 0.404 e. The SMILES string of the molecule is N#CCC(CCl)NC(=O)O. The van der Waals surface area contributed by atoms with Gasteiger partial charge in [-0.1, -0.05) is 0 Å². The third kappa shape index (κ3) is 3.98. The second kappa shape index (κ2) is 4.89. The minimum atomic E-state index is -1.15. The molecule has 0 bridgehead atoms. The van der Waals surface area contributed by atoms with Crippen LogP contribution < -0.4 is 5.32 Å². The number of alkyl halides is 1. The van der Waals surface area contributed by atoms with Crippen LogP contribution in [0.3, 0.4) is 0 Å². The van der Waals surface area contributed by atoms with E-state index in [0.717, 1.165) is 0 Å². The number of rotatable bonds is 3. The van der Waals surface area contributed by atoms with Crippen molar-refractivity contribution in [2.24, 2.45) is 0 Å². The minimum absolute atomic E-state index is 0.107. The number of nitrogens with zero attached hydrogens (tertiary/aromatic N) is 1. The van der Waals surface area contributed by atoms with Crippen molar-refractivity contribution in [2.75, 3.05) is 5.88 Å². The number of hydrogen-bond donors (Lipinski definition) is 2. The summed E-state index contributed by atoms with van der Waals surface area (Å²) in [5, 5.41) is 18.4. The van der Waals surface area contributed by atoms with Crippen LogP contribution in [-0.2, 0) is 0 Å². The van der Waals surface area contributed by atoms with E-state index in [0.29, 0.717) is 0 Å². The largest absolute Gasteiger partial charge is 0.465 e. The van der Waals surface area contributed by atoms with E-state index in [4.69, 9.17) is 22.0 Å². The first-order chi connectivity index (χ1) is 4.70. The van der Waals surface area contributed by atoms with Gasteiger partial charge in [-0.05, 0) is 0 Å². The fraction of sp³-hybridized carbons (Fsp3) is 0.600. The summed E-state index contributed by atoms with van der Waals surface area (Å²) >= 11 is 5.31. The quantitative estimate of drug-likeness (QED) is 0.603. The van der Waals surface area contributed by atoms with Gasteiger partial charge >= 0.3 is 6.09 Å². The Morgan fingerprint density at radius 3 is 2.80 bits per heavy atom. The maximum atomic E-state index is 9.96. The summed E-state index contributed by atoms with van der Waals surface area (Å²) < 4.78 is 0. The van der Waals surface area contributed by atoms with Crippen molar-refractivity contribution in [3.63, 3.8) is 0 Å². The summed E-state index contributed by atoms with van der Waals surface area (Å²) in [5.74, 6) is 0.125. The Morgan fingerprint density at radius 1 is 1.90 bits per heavy atom. The van der Waals surface area contributed by atoms with Crippen molar-refractivity contribution in [3.8, 4) is 6.07 Å². The minimum Gasteiger partial charge on any atom is -0.465 e. The molecule has 2 N–H and O–H groups in total. The van der Waals surface area contributed by atoms with Gasteiger partial charge in [-0.3, -0.25) is 0 Å². The Hall–Kier alpha value is -0.950. The van der Waals surface area contributed by atoms with E-state index >= 15 is 0 Å². The molecule has 0 fully saturated rings. The zero-order valence-electron chi connectivity index (χ0n) is 5.17. The molecule has 10 heavy (non-hydrogen) atoms. The monoisotopic (exact) mass is 162 g/mol. The molecule has 1 unspecified atom stereocenters. The fourth-order valence-electron chi connectivity index (χ4n) is 0.429. The number of halogens is 1. The van der Waals surface area contributed by atoms with Gasteiger partial charge < -0.3 is 10.4 Å². The molecule has 56 valence electrons. The lowest BCUT2D eigenvalue weighted by atomic mass is 10.2. The van der Waals surface area contributed by atoms with Crippen LogP contribution in [0.4, 0.5) is 4.79 Å². The van der Waals surface area contributed by atoms with Gasteiger partial charge in [0.15, 0.2) is 0 Å². The molecule has 0 aromatic carbocycles. The van der Waals surface area contributed by atoms with E-state index in [1.54, 1.807) is 0 Å². The van der Waals surface area contributed by atoms with Gasteiger partial charge in [0.25, 0.3) is 0 Å². The third-order valence-electron chi connectivity index (χ3n) is 0.852. The number of carbonyl (C=O) groups is 1. The Kier molecular flexibility index (Phi) is 4.42. The Balaban J connectivity index is 3.62. The summed E-state index contributed by atoms with van der Waals surface area (Å²) in [6.45, 7) is 0. The zero-order chi connectivity index (χ0) is 7.98. The molecule has 0 saturated carbocycles. The van der Waals surface area contributed by atoms with Gasteiger partial charge in [-0.25, -0.2) is 4.79 Å². The molecule has 0 aromatic heterocycles. The molecule has 0 saturated heterocycles. The summed E-state index contributed by atoms with van der Waals surface area (Å²) in [4.78, 5) is 9.96. The highest BCUT2D eigenvalue weighted by Crippen LogP contribution is 1.92. The van der Waals surface area contributed by atoms with Crippen molar-refractivity contribution in [3.05, 3.63) is 0 Å². The molecule has 0 aromatic rings. The van der Waals surface area contributed by atoms with Gasteiger partial charge in [0.2, 0.25) is 0 Å². The number of nitrogens with one attached hydrogen (secondary N) is 1. The molecule has 0 radical (unpaired) electrons. The van der Waals surface area contributed by atoms with E-state index in [1.165, 1.54) is 0 Å². The summed E-state index contributed by atoms with van der Waals surface area (Å²) in [7, 11) is 0. The fourth-order valence-corrected chi connectivity index (χ4v) is 0.615. The van der Waals surface area contributed by atoms with Gasteiger partial charge in [-0.15, -0.1) is 11.6 Å². The predicted molar refractivity (Wildman–Crippen MR) is 35.9 cm³/mol. The normalized spacial score (nSPS) is 11.6. The van der Waals surface area contributed by atoms with Crippen LogP contribution in [0.1, 0.15) is 6.42 Å². The molecule has 0 aliphatic heterocycles. The first kappa shape index (κ1) is 9.05. The first-order valence-corrected chi connectivity index (χ1v) is 3.16. The summed E-state index contributed by atoms with van der Waals surface area (Å²) in [6, 6.07) is 1.36. The number of nitriles is 1. The Bertz CT molecular complexity index is 154. The van der Waals surface area contributed by atoms with Crippen LogP contribution >= 0.6 is 11.6 Å². The van der Waals surface area contributed by atoms with Crippen molar-refractivity contribution < 1.29 is 9.90 Å². The Morgan fingerprint density at radius 2 is 2.50 bits per heavy atom. The van der Waals surface area contributed by atoms with Crippen LogP contribution in [0.5, 0.6) is 0 Å². The summed E-state index contributed by atoms with van der Waals surface area (Å²) in [5.41, 5.74) is 0. The first-order valence-electron chi connectivity index (χ1n) is 2.63. The highest BCUT2D eigenvalue weighted by Gasteiger charge is 2.07. The van der Waals surface area contributed by atoms with Crippen LogP contribution in [0.25, 0.3) is 0 Å². The zero-order valence-corrected chi connectivity index (χ0v) is 5.93. The lowest BCUT2D eigenvalue weighted by molar-refractivity contribution is 0.191. The van der Waals surface area contributed by atoms with Gasteiger partial charge in [0, 0.05) is 5.88 Å². The van der Waals surface area contributed by atoms with E-state index < -0.39 is 12.1 Å². The third-order valence-corrected chi connectivity index (χ3v) is 1.22. The second-order valence-corrected chi connectivity index (χ2v) is 1.97. The maximum absolute atomic E-state index is 9.96. The van der Waals surface area contributed by atoms with E-state index in [-0.39, 0.29) is 12.3 Å². The maximum Gasteiger partial charge on any atom is 0.404 e. The van der Waals surface area contributed by atoms with Gasteiger partial charge in [-0.2, -0.15) is 5.26 Å². The lowest BCUT2D eigenvalue weighted by Gasteiger charge is -2.07. The molecule has 4 nitrogen and oxygen atoms in total. The molecule has 1 amide bonds. The molecular weight excluding hydrogens is 156 g/mol. The Labute approximate surface area is 63.4 Å². The molecular formula is C5H7ClN2O2. The van der Waals surface area contributed by atoms with Crippen LogP contribution in [0.15, 0.2) is 0 Å². The van der Waals surface area contributed by atoms with Crippen LogP contribution in [0.2, 0.25) is 0 Å². The van der Waals surface area contributed by atoms with Crippen molar-refractivity contribution in [1.82, 2.24) is 5.32 Å². The standard InChI is InChI=1S/C5H7ClN2O2/c6-3-4(1-2-7)8-5(9)10/h4,8H,1,3H2,(H,9,10). The molecule has 0 aliphatic rings. The topological polar surface area (TPSA) is 73.1 Å². The van der Waals surface area contributed by atoms with Gasteiger partial charge in [0.05, 0.1) is 18.5 Å². The lowest BCUT2D eigenvalue weighted by Crippen LogP contribution is -2.34. The molecule has 1 atom stereocenters. The summed E-state index contributed by atoms with van der Waals surface area (Å²) in [6.07, 6.45) is -1.04. The highest BCUT2D eigenvalue weighted by molar-refractivity contribution is 6.18. The van der Waals surface area contributed by atoms with Crippen molar-refractivity contribution in [1.29, 1.82) is 5.26 Å². The van der Waals surface area contributed by atoms with E-state index in [1.807, 2.05) is 6.07 Å². The predicted octanol–water partition coefficient (Wildman–Crippen LogP) is 0.775. The van der Waals surface area contributed by atoms with E-state index in [2.05, 4.69) is 5.32 Å². The average molecular weight is 163 g/mol. The van der Waals surface area contributed by atoms with Crippen LogP contribution in [-0.4, -0.2) is 23.1 Å². The molecule has 5 heteroatoms. The number of carboxylic acid groups (broad SMARTS) is 1. The number of amides is 1. The van der Waals surface area contributed by atoms with Gasteiger partial charge in [0.1, 0.15) is 0 Å². The molecule has 0 rings (SSSR count). The second-order valence-electron chi connectivity index (χ2n) is 1.66. The van der Waals surface area contributed by atoms with E-state index in [9.17, 15) is 4.79 Å². The molecule has 0 spiro atoms. The molecule has 0 aliphatic carbocycles. The molecule has 0 heterocycles. The van der Waals surface area contributed by atoms with Crippen molar-refractivity contribution in [2.45, 2.75) is 12.5 Å². The van der Waals surface area contributed by atoms with Crippen LogP contribution in [0, 0.1) is 11.3 Å². The average Bonchev–Trinajstić information content (AvgIpc) is 1.86.